The summed E-state index contributed by atoms with van der Waals surface area (Å²) >= 11 is 0.822. The van der Waals surface area contributed by atoms with E-state index in [0.717, 1.165) is 11.3 Å². The molecule has 0 bridgehead atoms. The van der Waals surface area contributed by atoms with E-state index in [1.54, 1.807) is 0 Å². The zero-order chi connectivity index (χ0) is 12.3. The average molecular weight is 254 g/mol. The lowest BCUT2D eigenvalue weighted by Gasteiger charge is -2.06. The number of methoxy groups -OCH3 is 1. The molecule has 1 aromatic rings. The topological polar surface area (TPSA) is 64.3 Å². The highest BCUT2D eigenvalue weighted by Gasteiger charge is 2.27. The summed E-state index contributed by atoms with van der Waals surface area (Å²) in [6.07, 6.45) is -4.32. The van der Waals surface area contributed by atoms with E-state index in [0.29, 0.717) is 0 Å². The molecule has 0 saturated carbocycles. The zero-order valence-corrected chi connectivity index (χ0v) is 9.04. The van der Waals surface area contributed by atoms with Crippen molar-refractivity contribution in [1.82, 2.24) is 0 Å². The average Bonchev–Trinajstić information content (AvgIpc) is 2.55. The first-order chi connectivity index (χ1) is 7.33. The van der Waals surface area contributed by atoms with Gasteiger partial charge in [0.1, 0.15) is 11.4 Å². The fraction of sp³-hybridized carbons (Fsp3) is 0.375. The lowest BCUT2D eigenvalue weighted by molar-refractivity contribution is -0.115. The standard InChI is InChI=1S/C8H9F3N2O2S/c1-15-7(14)6-4(12)2-5(16-6)13-3-8(9,10)11/h2,13H,3,12H2,1H3. The maximum absolute atomic E-state index is 11.9. The Morgan fingerprint density at radius 1 is 1.62 bits per heavy atom. The third-order valence-electron chi connectivity index (χ3n) is 1.59. The molecule has 4 nitrogen and oxygen atoms in total. The van der Waals surface area contributed by atoms with Gasteiger partial charge in [0, 0.05) is 0 Å². The molecule has 8 heteroatoms. The fourth-order valence-electron chi connectivity index (χ4n) is 0.932. The summed E-state index contributed by atoms with van der Waals surface area (Å²) in [7, 11) is 1.17. The first-order valence-electron chi connectivity index (χ1n) is 4.11. The van der Waals surface area contributed by atoms with E-state index in [9.17, 15) is 18.0 Å². The van der Waals surface area contributed by atoms with Crippen LogP contribution in [0.3, 0.4) is 0 Å². The monoisotopic (exact) mass is 254 g/mol. The maximum Gasteiger partial charge on any atom is 0.405 e. The van der Waals surface area contributed by atoms with Gasteiger partial charge in [-0.1, -0.05) is 0 Å². The molecule has 16 heavy (non-hydrogen) atoms. The Bertz CT molecular complexity index is 389. The predicted octanol–water partition coefficient (Wildman–Crippen LogP) is 2.09. The summed E-state index contributed by atoms with van der Waals surface area (Å²) in [4.78, 5) is 11.2. The van der Waals surface area contributed by atoms with Crippen molar-refractivity contribution in [2.45, 2.75) is 6.18 Å². The van der Waals surface area contributed by atoms with E-state index in [4.69, 9.17) is 5.73 Å². The number of esters is 1. The number of nitrogen functional groups attached to an aromatic ring is 1. The van der Waals surface area contributed by atoms with Gasteiger partial charge in [-0.25, -0.2) is 4.79 Å². The molecule has 0 unspecified atom stereocenters. The molecule has 0 radical (unpaired) electrons. The third-order valence-corrected chi connectivity index (χ3v) is 2.68. The number of rotatable bonds is 3. The highest BCUT2D eigenvalue weighted by Crippen LogP contribution is 2.30. The highest BCUT2D eigenvalue weighted by atomic mass is 32.1. The first-order valence-corrected chi connectivity index (χ1v) is 4.93. The second-order valence-corrected chi connectivity index (χ2v) is 3.91. The van der Waals surface area contributed by atoms with Crippen molar-refractivity contribution in [3.05, 3.63) is 10.9 Å². The van der Waals surface area contributed by atoms with Gasteiger partial charge in [0.2, 0.25) is 0 Å². The van der Waals surface area contributed by atoms with Crippen molar-refractivity contribution < 1.29 is 22.7 Å². The lowest BCUT2D eigenvalue weighted by Crippen LogP contribution is -2.20. The number of carbonyl (C=O) groups is 1. The van der Waals surface area contributed by atoms with E-state index in [1.165, 1.54) is 13.2 Å². The van der Waals surface area contributed by atoms with Crippen LogP contribution in [0.5, 0.6) is 0 Å². The van der Waals surface area contributed by atoms with Crippen molar-refractivity contribution in [3.63, 3.8) is 0 Å². The summed E-state index contributed by atoms with van der Waals surface area (Å²) in [5, 5.41) is 2.31. The fourth-order valence-corrected chi connectivity index (χ4v) is 1.83. The first kappa shape index (κ1) is 12.6. The second-order valence-electron chi connectivity index (χ2n) is 2.86. The van der Waals surface area contributed by atoms with Gasteiger partial charge in [-0.3, -0.25) is 0 Å². The smallest absolute Gasteiger partial charge is 0.405 e. The number of anilines is 2. The number of thiophene rings is 1. The number of hydrogen-bond donors (Lipinski definition) is 2. The number of alkyl halides is 3. The van der Waals surface area contributed by atoms with E-state index in [2.05, 4.69) is 10.1 Å². The van der Waals surface area contributed by atoms with Crippen molar-refractivity contribution in [1.29, 1.82) is 0 Å². The summed E-state index contributed by atoms with van der Waals surface area (Å²) in [6.45, 7) is -1.17. The third kappa shape index (κ3) is 3.30. The Morgan fingerprint density at radius 2 is 2.25 bits per heavy atom. The maximum atomic E-state index is 11.9. The number of nitrogens with two attached hydrogens (primary N) is 1. The molecular weight excluding hydrogens is 245 g/mol. The molecule has 90 valence electrons. The molecule has 0 fully saturated rings. The molecule has 0 aliphatic heterocycles. The van der Waals surface area contributed by atoms with Crippen LogP contribution in [-0.4, -0.2) is 25.8 Å². The number of halogens is 3. The number of carbonyl (C=O) groups excluding carboxylic acids is 1. The Morgan fingerprint density at radius 3 is 2.75 bits per heavy atom. The summed E-state index contributed by atoms with van der Waals surface area (Å²) in [6, 6.07) is 1.27. The normalized spacial score (nSPS) is 11.2. The molecule has 0 aliphatic carbocycles. The Kier molecular flexibility index (Phi) is 3.63. The van der Waals surface area contributed by atoms with Crippen LogP contribution in [-0.2, 0) is 4.74 Å². The van der Waals surface area contributed by atoms with Gasteiger partial charge in [0.15, 0.2) is 0 Å². The van der Waals surface area contributed by atoms with Crippen molar-refractivity contribution in [2.75, 3.05) is 24.7 Å². The van der Waals surface area contributed by atoms with Gasteiger partial charge in [-0.15, -0.1) is 11.3 Å². The molecule has 0 atom stereocenters. The molecule has 0 amide bonds. The van der Waals surface area contributed by atoms with Crippen molar-refractivity contribution >= 4 is 28.0 Å². The van der Waals surface area contributed by atoms with Crippen molar-refractivity contribution in [3.8, 4) is 0 Å². The lowest BCUT2D eigenvalue weighted by atomic mass is 10.4. The summed E-state index contributed by atoms with van der Waals surface area (Å²) < 4.78 is 40.1. The van der Waals surface area contributed by atoms with Gasteiger partial charge in [0.05, 0.1) is 17.8 Å². The number of hydrogen-bond acceptors (Lipinski definition) is 5. The summed E-state index contributed by atoms with van der Waals surface area (Å²) in [5.41, 5.74) is 5.54. The molecule has 0 aliphatic rings. The van der Waals surface area contributed by atoms with Crippen LogP contribution in [0.15, 0.2) is 6.07 Å². The molecule has 0 saturated heterocycles. The second kappa shape index (κ2) is 4.60. The van der Waals surface area contributed by atoms with Crippen LogP contribution < -0.4 is 11.1 Å². The highest BCUT2D eigenvalue weighted by molar-refractivity contribution is 7.18. The molecule has 0 spiro atoms. The van der Waals surface area contributed by atoms with Gasteiger partial charge < -0.3 is 15.8 Å². The predicted molar refractivity (Wildman–Crippen MR) is 54.6 cm³/mol. The Balaban J connectivity index is 2.74. The quantitative estimate of drug-likeness (QED) is 0.811. The molecule has 1 heterocycles. The van der Waals surface area contributed by atoms with Crippen LogP contribution in [0.2, 0.25) is 0 Å². The van der Waals surface area contributed by atoms with Crippen LogP contribution in [0.4, 0.5) is 23.9 Å². The minimum absolute atomic E-state index is 0.0900. The van der Waals surface area contributed by atoms with E-state index < -0.39 is 18.7 Å². The molecule has 0 aromatic carbocycles. The number of nitrogens with one attached hydrogen (secondary N) is 1. The van der Waals surface area contributed by atoms with Crippen molar-refractivity contribution in [2.24, 2.45) is 0 Å². The minimum Gasteiger partial charge on any atom is -0.465 e. The van der Waals surface area contributed by atoms with Gasteiger partial charge >= 0.3 is 12.1 Å². The minimum atomic E-state index is -4.32. The molecule has 1 rings (SSSR count). The summed E-state index contributed by atoms with van der Waals surface area (Å²) in [5.74, 6) is -0.664. The van der Waals surface area contributed by atoms with Crippen LogP contribution >= 0.6 is 11.3 Å². The molecular formula is C8H9F3N2O2S. The Labute approximate surface area is 93.2 Å². The van der Waals surface area contributed by atoms with Gasteiger partial charge in [-0.05, 0) is 6.07 Å². The van der Waals surface area contributed by atoms with E-state index in [-0.39, 0.29) is 15.6 Å². The van der Waals surface area contributed by atoms with Crippen LogP contribution in [0, 0.1) is 0 Å². The zero-order valence-electron chi connectivity index (χ0n) is 8.22. The SMILES string of the molecule is COC(=O)c1sc(NCC(F)(F)F)cc1N. The van der Waals surface area contributed by atoms with E-state index >= 15 is 0 Å². The van der Waals surface area contributed by atoms with Gasteiger partial charge in [0.25, 0.3) is 0 Å². The molecule has 1 aromatic heterocycles. The number of ether oxygens (including phenoxy) is 1. The van der Waals surface area contributed by atoms with Gasteiger partial charge in [-0.2, -0.15) is 13.2 Å². The van der Waals surface area contributed by atoms with E-state index in [1.807, 2.05) is 0 Å². The molecule has 3 N–H and O–H groups in total. The Hall–Kier alpha value is -1.44. The van der Waals surface area contributed by atoms with Crippen LogP contribution in [0.1, 0.15) is 9.67 Å². The van der Waals surface area contributed by atoms with Crippen LogP contribution in [0.25, 0.3) is 0 Å². The largest absolute Gasteiger partial charge is 0.465 e.